The number of aromatic nitrogens is 2. The van der Waals surface area contributed by atoms with Crippen molar-refractivity contribution in [1.29, 1.82) is 0 Å². The molecule has 34 heavy (non-hydrogen) atoms. The lowest BCUT2D eigenvalue weighted by Gasteiger charge is -2.33. The van der Waals surface area contributed by atoms with Crippen molar-refractivity contribution in [1.82, 2.24) is 14.9 Å². The van der Waals surface area contributed by atoms with Gasteiger partial charge in [-0.1, -0.05) is 43.2 Å². The minimum absolute atomic E-state index is 0.369. The highest BCUT2D eigenvalue weighted by Crippen LogP contribution is 2.23. The van der Waals surface area contributed by atoms with Crippen LogP contribution < -0.4 is 15.0 Å². The summed E-state index contributed by atoms with van der Waals surface area (Å²) in [7, 11) is 0. The van der Waals surface area contributed by atoms with E-state index in [2.05, 4.69) is 50.4 Å². The Kier molecular flexibility index (Phi) is 7.56. The molecule has 0 spiro atoms. The lowest BCUT2D eigenvalue weighted by molar-refractivity contribution is 0.208. The highest BCUT2D eigenvalue weighted by atomic mass is 16.5. The van der Waals surface area contributed by atoms with Crippen molar-refractivity contribution in [2.75, 3.05) is 36.4 Å². The van der Waals surface area contributed by atoms with Crippen LogP contribution in [0.4, 0.5) is 11.8 Å². The van der Waals surface area contributed by atoms with Crippen LogP contribution in [0.2, 0.25) is 0 Å². The third-order valence-corrected chi connectivity index (χ3v) is 6.72. The minimum Gasteiger partial charge on any atom is -0.457 e. The SMILES string of the molecule is c1ccc(Oc2ccc(CN3CCCC(Nc4nccc(N5CCCCCC5)n4)C3)cc2)cc1. The van der Waals surface area contributed by atoms with Crippen molar-refractivity contribution >= 4 is 11.8 Å². The Morgan fingerprint density at radius 2 is 1.59 bits per heavy atom. The van der Waals surface area contributed by atoms with Gasteiger partial charge in [-0.15, -0.1) is 0 Å². The fourth-order valence-corrected chi connectivity index (χ4v) is 4.94. The van der Waals surface area contributed by atoms with Crippen LogP contribution in [0.5, 0.6) is 11.5 Å². The molecule has 3 aromatic rings. The second kappa shape index (κ2) is 11.3. The molecule has 0 aliphatic carbocycles. The van der Waals surface area contributed by atoms with Gasteiger partial charge in [0.2, 0.25) is 5.95 Å². The summed E-state index contributed by atoms with van der Waals surface area (Å²) in [4.78, 5) is 14.3. The first-order valence-corrected chi connectivity index (χ1v) is 12.7. The number of anilines is 2. The summed E-state index contributed by atoms with van der Waals surface area (Å²) in [5, 5.41) is 3.62. The lowest BCUT2D eigenvalue weighted by atomic mass is 10.0. The van der Waals surface area contributed by atoms with Crippen LogP contribution in [0.25, 0.3) is 0 Å². The maximum Gasteiger partial charge on any atom is 0.224 e. The van der Waals surface area contributed by atoms with Crippen molar-refractivity contribution in [2.24, 2.45) is 0 Å². The predicted molar refractivity (Wildman–Crippen MR) is 138 cm³/mol. The zero-order valence-corrected chi connectivity index (χ0v) is 19.9. The Labute approximate surface area is 203 Å². The third kappa shape index (κ3) is 6.26. The summed E-state index contributed by atoms with van der Waals surface area (Å²) in [5.41, 5.74) is 1.31. The Hall–Kier alpha value is -3.12. The van der Waals surface area contributed by atoms with Crippen LogP contribution in [-0.4, -0.2) is 47.1 Å². The number of ether oxygens (including phenoxy) is 1. The van der Waals surface area contributed by atoms with E-state index >= 15 is 0 Å². The standard InChI is InChI=1S/C28H35N5O/c1-2-7-20-33(19-6-1)27-16-17-29-28(31-27)30-24-9-8-18-32(22-24)21-23-12-14-26(15-13-23)34-25-10-4-3-5-11-25/h3-5,10-17,24H,1-2,6-9,18-22H2,(H,29,30,31). The summed E-state index contributed by atoms with van der Waals surface area (Å²) in [6, 6.07) is 20.8. The summed E-state index contributed by atoms with van der Waals surface area (Å²) in [6.07, 6.45) is 9.39. The third-order valence-electron chi connectivity index (χ3n) is 6.72. The maximum absolute atomic E-state index is 5.93. The molecule has 0 saturated carbocycles. The first-order chi connectivity index (χ1) is 16.8. The van der Waals surface area contributed by atoms with Gasteiger partial charge in [0.15, 0.2) is 0 Å². The van der Waals surface area contributed by atoms with Gasteiger partial charge in [0.05, 0.1) is 0 Å². The lowest BCUT2D eigenvalue weighted by Crippen LogP contribution is -2.42. The number of nitrogens with one attached hydrogen (secondary N) is 1. The smallest absolute Gasteiger partial charge is 0.224 e. The second-order valence-electron chi connectivity index (χ2n) is 9.42. The van der Waals surface area contributed by atoms with E-state index in [1.165, 1.54) is 37.7 Å². The van der Waals surface area contributed by atoms with Crippen molar-refractivity contribution in [2.45, 2.75) is 51.1 Å². The van der Waals surface area contributed by atoms with Gasteiger partial charge in [-0.25, -0.2) is 4.98 Å². The summed E-state index contributed by atoms with van der Waals surface area (Å²) in [5.74, 6) is 3.55. The molecule has 178 valence electrons. The van der Waals surface area contributed by atoms with Crippen LogP contribution in [0.3, 0.4) is 0 Å². The minimum atomic E-state index is 0.369. The predicted octanol–water partition coefficient (Wildman–Crippen LogP) is 5.73. The first-order valence-electron chi connectivity index (χ1n) is 12.7. The summed E-state index contributed by atoms with van der Waals surface area (Å²) in [6.45, 7) is 5.26. The molecule has 3 heterocycles. The van der Waals surface area contributed by atoms with Gasteiger partial charge in [0.25, 0.3) is 0 Å². The number of rotatable bonds is 7. The fourth-order valence-electron chi connectivity index (χ4n) is 4.94. The number of hydrogen-bond acceptors (Lipinski definition) is 6. The van der Waals surface area contributed by atoms with Crippen LogP contribution >= 0.6 is 0 Å². The van der Waals surface area contributed by atoms with Gasteiger partial charge in [0, 0.05) is 38.4 Å². The van der Waals surface area contributed by atoms with E-state index in [-0.39, 0.29) is 0 Å². The molecule has 1 N–H and O–H groups in total. The number of likely N-dealkylation sites (tertiary alicyclic amines) is 1. The number of benzene rings is 2. The molecule has 1 aromatic heterocycles. The van der Waals surface area contributed by atoms with Gasteiger partial charge in [-0.2, -0.15) is 4.98 Å². The molecule has 1 atom stereocenters. The zero-order chi connectivity index (χ0) is 23.0. The van der Waals surface area contributed by atoms with E-state index in [0.29, 0.717) is 6.04 Å². The van der Waals surface area contributed by atoms with Crippen LogP contribution in [0, 0.1) is 0 Å². The molecule has 6 heteroatoms. The van der Waals surface area contributed by atoms with Gasteiger partial charge in [-0.3, -0.25) is 4.90 Å². The average molecular weight is 458 g/mol. The first kappa shape index (κ1) is 22.7. The molecule has 5 rings (SSSR count). The van der Waals surface area contributed by atoms with Gasteiger partial charge >= 0.3 is 0 Å². The summed E-state index contributed by atoms with van der Waals surface area (Å²) >= 11 is 0. The van der Waals surface area contributed by atoms with E-state index in [9.17, 15) is 0 Å². The Morgan fingerprint density at radius 3 is 2.38 bits per heavy atom. The largest absolute Gasteiger partial charge is 0.457 e. The normalized spacial score (nSPS) is 19.4. The highest BCUT2D eigenvalue weighted by Gasteiger charge is 2.21. The quantitative estimate of drug-likeness (QED) is 0.489. The van der Waals surface area contributed by atoms with Gasteiger partial charge in [0.1, 0.15) is 17.3 Å². The Balaban J connectivity index is 1.15. The summed E-state index contributed by atoms with van der Waals surface area (Å²) < 4.78 is 5.93. The van der Waals surface area contributed by atoms with E-state index in [1.807, 2.05) is 36.5 Å². The topological polar surface area (TPSA) is 53.5 Å². The molecule has 2 aliphatic rings. The van der Waals surface area contributed by atoms with E-state index < -0.39 is 0 Å². The van der Waals surface area contributed by atoms with Crippen molar-refractivity contribution in [3.05, 3.63) is 72.4 Å². The molecule has 0 amide bonds. The Morgan fingerprint density at radius 1 is 0.824 bits per heavy atom. The highest BCUT2D eigenvalue weighted by molar-refractivity contribution is 5.43. The molecule has 2 saturated heterocycles. The van der Waals surface area contributed by atoms with Crippen LogP contribution in [-0.2, 0) is 6.54 Å². The van der Waals surface area contributed by atoms with E-state index in [4.69, 9.17) is 9.72 Å². The van der Waals surface area contributed by atoms with Crippen molar-refractivity contribution in [3.63, 3.8) is 0 Å². The van der Waals surface area contributed by atoms with Gasteiger partial charge in [-0.05, 0) is 68.1 Å². The van der Waals surface area contributed by atoms with E-state index in [1.54, 1.807) is 0 Å². The Bertz CT molecular complexity index is 1020. The molecular formula is C28H35N5O. The fraction of sp³-hybridized carbons (Fsp3) is 0.429. The van der Waals surface area contributed by atoms with E-state index in [0.717, 1.165) is 62.4 Å². The maximum atomic E-state index is 5.93. The average Bonchev–Trinajstić information content (AvgIpc) is 3.16. The second-order valence-corrected chi connectivity index (χ2v) is 9.42. The number of hydrogen-bond donors (Lipinski definition) is 1. The monoisotopic (exact) mass is 457 g/mol. The van der Waals surface area contributed by atoms with Gasteiger partial charge < -0.3 is 15.0 Å². The molecule has 2 aromatic carbocycles. The zero-order valence-electron chi connectivity index (χ0n) is 19.9. The number of nitrogens with zero attached hydrogens (tertiary/aromatic N) is 4. The molecule has 0 radical (unpaired) electrons. The molecule has 6 nitrogen and oxygen atoms in total. The molecule has 1 unspecified atom stereocenters. The molecular weight excluding hydrogens is 422 g/mol. The number of para-hydroxylation sites is 1. The molecule has 0 bridgehead atoms. The van der Waals surface area contributed by atoms with Crippen LogP contribution in [0.15, 0.2) is 66.9 Å². The molecule has 2 aliphatic heterocycles. The number of piperidine rings is 1. The molecule has 2 fully saturated rings. The van der Waals surface area contributed by atoms with Crippen molar-refractivity contribution in [3.8, 4) is 11.5 Å². The van der Waals surface area contributed by atoms with Crippen molar-refractivity contribution < 1.29 is 4.74 Å². The van der Waals surface area contributed by atoms with Crippen LogP contribution in [0.1, 0.15) is 44.1 Å².